The number of nitrogens with zero attached hydrogens (tertiary/aromatic N) is 1. The van der Waals surface area contributed by atoms with Crippen molar-refractivity contribution in [1.29, 1.82) is 0 Å². The van der Waals surface area contributed by atoms with Crippen molar-refractivity contribution in [3.63, 3.8) is 0 Å². The molecule has 0 rings (SSSR count). The molecule has 0 saturated carbocycles. The maximum Gasteiger partial charge on any atom is 0.317 e. The highest BCUT2D eigenvalue weighted by Gasteiger charge is 2.07. The van der Waals surface area contributed by atoms with Crippen LogP contribution in [0.1, 0.15) is 19.8 Å². The van der Waals surface area contributed by atoms with Gasteiger partial charge < -0.3 is 5.11 Å². The lowest BCUT2D eigenvalue weighted by atomic mass is 10.3. The van der Waals surface area contributed by atoms with Crippen molar-refractivity contribution in [3.8, 4) is 0 Å². The Hall–Kier alpha value is -0.640. The lowest BCUT2D eigenvalue weighted by Gasteiger charge is -2.17. The van der Waals surface area contributed by atoms with Crippen LogP contribution in [0.25, 0.3) is 0 Å². The van der Waals surface area contributed by atoms with Crippen LogP contribution in [-0.4, -0.2) is 42.3 Å². The van der Waals surface area contributed by atoms with Crippen LogP contribution >= 0.6 is 0 Å². The summed E-state index contributed by atoms with van der Waals surface area (Å²) in [7, 11) is 0. The van der Waals surface area contributed by atoms with Gasteiger partial charge in [0.05, 0.1) is 13.2 Å². The van der Waals surface area contributed by atoms with Gasteiger partial charge in [0.15, 0.2) is 0 Å². The molecule has 0 fully saturated rings. The SMILES string of the molecule is CCCN(CCCF)CC(=O)O. The summed E-state index contributed by atoms with van der Waals surface area (Å²) in [6, 6.07) is 0. The van der Waals surface area contributed by atoms with Crippen molar-refractivity contribution in [2.24, 2.45) is 0 Å². The van der Waals surface area contributed by atoms with Crippen LogP contribution in [-0.2, 0) is 4.79 Å². The summed E-state index contributed by atoms with van der Waals surface area (Å²) in [4.78, 5) is 12.1. The lowest BCUT2D eigenvalue weighted by molar-refractivity contribution is -0.138. The highest BCUT2D eigenvalue weighted by atomic mass is 19.1. The van der Waals surface area contributed by atoms with Crippen LogP contribution in [0.5, 0.6) is 0 Å². The Morgan fingerprint density at radius 3 is 2.58 bits per heavy atom. The highest BCUT2D eigenvalue weighted by molar-refractivity contribution is 5.69. The minimum absolute atomic E-state index is 0.0217. The van der Waals surface area contributed by atoms with Crippen LogP contribution in [0.3, 0.4) is 0 Å². The van der Waals surface area contributed by atoms with Gasteiger partial charge in [0, 0.05) is 6.54 Å². The molecule has 0 aliphatic heterocycles. The Morgan fingerprint density at radius 1 is 1.50 bits per heavy atom. The fourth-order valence-corrected chi connectivity index (χ4v) is 1.06. The molecule has 0 unspecified atom stereocenters. The fourth-order valence-electron chi connectivity index (χ4n) is 1.06. The standard InChI is InChI=1S/C8H16FNO2/c1-2-5-10(6-3-4-9)7-8(11)12/h2-7H2,1H3,(H,11,12). The van der Waals surface area contributed by atoms with E-state index in [4.69, 9.17) is 5.11 Å². The molecule has 0 spiro atoms. The first kappa shape index (κ1) is 11.4. The molecule has 0 aromatic carbocycles. The second kappa shape index (κ2) is 7.03. The first-order valence-corrected chi connectivity index (χ1v) is 4.20. The van der Waals surface area contributed by atoms with Crippen molar-refractivity contribution in [2.75, 3.05) is 26.3 Å². The molecule has 0 radical (unpaired) electrons. The van der Waals surface area contributed by atoms with Gasteiger partial charge in [-0.25, -0.2) is 0 Å². The Balaban J connectivity index is 3.61. The third-order valence-corrected chi connectivity index (χ3v) is 1.51. The van der Waals surface area contributed by atoms with E-state index in [0.717, 1.165) is 13.0 Å². The van der Waals surface area contributed by atoms with Crippen molar-refractivity contribution in [3.05, 3.63) is 0 Å². The first-order valence-electron chi connectivity index (χ1n) is 4.20. The van der Waals surface area contributed by atoms with Gasteiger partial charge in [-0.2, -0.15) is 0 Å². The zero-order valence-corrected chi connectivity index (χ0v) is 7.42. The van der Waals surface area contributed by atoms with E-state index in [1.807, 2.05) is 6.92 Å². The molecule has 0 aromatic heterocycles. The number of halogens is 1. The van der Waals surface area contributed by atoms with Crippen molar-refractivity contribution in [1.82, 2.24) is 4.90 Å². The van der Waals surface area contributed by atoms with Gasteiger partial charge in [0.1, 0.15) is 0 Å². The molecular formula is C8H16FNO2. The number of alkyl halides is 1. The third kappa shape index (κ3) is 6.09. The molecule has 0 saturated heterocycles. The van der Waals surface area contributed by atoms with Crippen molar-refractivity contribution < 1.29 is 14.3 Å². The normalized spacial score (nSPS) is 10.6. The Morgan fingerprint density at radius 2 is 2.17 bits per heavy atom. The highest BCUT2D eigenvalue weighted by Crippen LogP contribution is 1.94. The summed E-state index contributed by atoms with van der Waals surface area (Å²) >= 11 is 0. The molecule has 0 amide bonds. The number of aliphatic carboxylic acids is 1. The average molecular weight is 177 g/mol. The molecule has 72 valence electrons. The number of rotatable bonds is 7. The van der Waals surface area contributed by atoms with E-state index in [-0.39, 0.29) is 13.2 Å². The molecule has 4 heteroatoms. The smallest absolute Gasteiger partial charge is 0.317 e. The van der Waals surface area contributed by atoms with Crippen molar-refractivity contribution in [2.45, 2.75) is 19.8 Å². The summed E-state index contributed by atoms with van der Waals surface area (Å²) < 4.78 is 11.8. The van der Waals surface area contributed by atoms with Gasteiger partial charge in [-0.1, -0.05) is 6.92 Å². The summed E-state index contributed by atoms with van der Waals surface area (Å²) in [6.45, 7) is 2.89. The summed E-state index contributed by atoms with van der Waals surface area (Å²) in [5.74, 6) is -0.845. The summed E-state index contributed by atoms with van der Waals surface area (Å²) in [6.07, 6.45) is 1.33. The number of carbonyl (C=O) groups is 1. The van der Waals surface area contributed by atoms with E-state index in [0.29, 0.717) is 13.0 Å². The number of carboxylic acids is 1. The third-order valence-electron chi connectivity index (χ3n) is 1.51. The molecule has 0 aromatic rings. The minimum atomic E-state index is -0.845. The van der Waals surface area contributed by atoms with Gasteiger partial charge >= 0.3 is 5.97 Å². The largest absolute Gasteiger partial charge is 0.480 e. The second-order valence-electron chi connectivity index (χ2n) is 2.71. The minimum Gasteiger partial charge on any atom is -0.480 e. The summed E-state index contributed by atoms with van der Waals surface area (Å²) in [5.41, 5.74) is 0. The maximum absolute atomic E-state index is 11.8. The topological polar surface area (TPSA) is 40.5 Å². The van der Waals surface area contributed by atoms with E-state index in [1.165, 1.54) is 0 Å². The second-order valence-corrected chi connectivity index (χ2v) is 2.71. The predicted octanol–water partition coefficient (Wildman–Crippen LogP) is 1.14. The van der Waals surface area contributed by atoms with E-state index < -0.39 is 5.97 Å². The van der Waals surface area contributed by atoms with Crippen LogP contribution in [0.15, 0.2) is 0 Å². The Labute approximate surface area is 72.2 Å². The first-order chi connectivity index (χ1) is 5.70. The van der Waals surface area contributed by atoms with E-state index in [9.17, 15) is 9.18 Å². The molecule has 12 heavy (non-hydrogen) atoms. The molecule has 0 aliphatic rings. The summed E-state index contributed by atoms with van der Waals surface area (Å²) in [5, 5.41) is 8.47. The molecule has 0 aliphatic carbocycles. The van der Waals surface area contributed by atoms with Gasteiger partial charge in [-0.15, -0.1) is 0 Å². The van der Waals surface area contributed by atoms with Gasteiger partial charge in [-0.05, 0) is 19.4 Å². The van der Waals surface area contributed by atoms with Crippen LogP contribution in [0.2, 0.25) is 0 Å². The number of hydrogen-bond donors (Lipinski definition) is 1. The van der Waals surface area contributed by atoms with Gasteiger partial charge in [0.25, 0.3) is 0 Å². The monoisotopic (exact) mass is 177 g/mol. The quantitative estimate of drug-likeness (QED) is 0.634. The maximum atomic E-state index is 11.8. The lowest BCUT2D eigenvalue weighted by Crippen LogP contribution is -2.31. The molecule has 0 atom stereocenters. The van der Waals surface area contributed by atoms with Crippen molar-refractivity contribution >= 4 is 5.97 Å². The van der Waals surface area contributed by atoms with Gasteiger partial charge in [-0.3, -0.25) is 14.1 Å². The molecular weight excluding hydrogens is 161 g/mol. The Bertz CT molecular complexity index is 130. The number of carboxylic acid groups (broad SMARTS) is 1. The van der Waals surface area contributed by atoms with Crippen LogP contribution < -0.4 is 0 Å². The average Bonchev–Trinajstić information content (AvgIpc) is 2.00. The van der Waals surface area contributed by atoms with E-state index in [1.54, 1.807) is 4.90 Å². The fraction of sp³-hybridized carbons (Fsp3) is 0.875. The van der Waals surface area contributed by atoms with E-state index >= 15 is 0 Å². The van der Waals surface area contributed by atoms with Gasteiger partial charge in [0.2, 0.25) is 0 Å². The molecule has 0 heterocycles. The number of hydrogen-bond acceptors (Lipinski definition) is 2. The van der Waals surface area contributed by atoms with Crippen LogP contribution in [0.4, 0.5) is 4.39 Å². The Kier molecular flexibility index (Phi) is 6.66. The zero-order chi connectivity index (χ0) is 9.40. The van der Waals surface area contributed by atoms with Crippen LogP contribution in [0, 0.1) is 0 Å². The predicted molar refractivity (Wildman–Crippen MR) is 45.0 cm³/mol. The molecule has 0 bridgehead atoms. The molecule has 3 nitrogen and oxygen atoms in total. The van der Waals surface area contributed by atoms with E-state index in [2.05, 4.69) is 0 Å². The zero-order valence-electron chi connectivity index (χ0n) is 7.42. The molecule has 1 N–H and O–H groups in total.